The van der Waals surface area contributed by atoms with Crippen LogP contribution in [-0.2, 0) is 4.74 Å². The van der Waals surface area contributed by atoms with Crippen LogP contribution in [0.4, 0.5) is 0 Å². The fourth-order valence-corrected chi connectivity index (χ4v) is 3.47. The third-order valence-electron chi connectivity index (χ3n) is 4.92. The third-order valence-corrected chi connectivity index (χ3v) is 4.92. The summed E-state index contributed by atoms with van der Waals surface area (Å²) >= 11 is 0. The van der Waals surface area contributed by atoms with Gasteiger partial charge in [-0.05, 0) is 37.5 Å². The Bertz CT molecular complexity index is 591. The molecule has 3 rings (SSSR count). The van der Waals surface area contributed by atoms with E-state index < -0.39 is 0 Å². The van der Waals surface area contributed by atoms with Gasteiger partial charge in [0.15, 0.2) is 0 Å². The Morgan fingerprint density at radius 1 is 1.29 bits per heavy atom. The van der Waals surface area contributed by atoms with Gasteiger partial charge in [0.1, 0.15) is 6.61 Å². The van der Waals surface area contributed by atoms with Gasteiger partial charge in [0.25, 0.3) is 5.91 Å². The van der Waals surface area contributed by atoms with Crippen LogP contribution in [0.3, 0.4) is 0 Å². The van der Waals surface area contributed by atoms with Crippen molar-refractivity contribution in [1.82, 2.24) is 5.32 Å². The average Bonchev–Trinajstić information content (AvgIpc) is 3.10. The third kappa shape index (κ3) is 4.37. The molecular formula is C20H28N2O2. The maximum Gasteiger partial charge on any atom is 0.251 e. The Balaban J connectivity index is 1.64. The predicted octanol–water partition coefficient (Wildman–Crippen LogP) is 4.08. The molecule has 1 heterocycles. The first-order valence-electron chi connectivity index (χ1n) is 9.38. The van der Waals surface area contributed by atoms with Gasteiger partial charge < -0.3 is 10.1 Å². The van der Waals surface area contributed by atoms with Crippen molar-refractivity contribution in [2.75, 3.05) is 6.61 Å². The van der Waals surface area contributed by atoms with Crippen molar-refractivity contribution in [3.63, 3.8) is 0 Å². The van der Waals surface area contributed by atoms with Crippen molar-refractivity contribution >= 4 is 11.8 Å². The van der Waals surface area contributed by atoms with Gasteiger partial charge in [-0.25, -0.2) is 4.99 Å². The zero-order valence-electron chi connectivity index (χ0n) is 14.6. The number of aliphatic imine (C=N–C) groups is 1. The first kappa shape index (κ1) is 17.0. The van der Waals surface area contributed by atoms with E-state index in [4.69, 9.17) is 4.74 Å². The molecule has 24 heavy (non-hydrogen) atoms. The monoisotopic (exact) mass is 328 g/mol. The second kappa shape index (κ2) is 8.32. The van der Waals surface area contributed by atoms with Crippen molar-refractivity contribution < 1.29 is 9.53 Å². The molecule has 130 valence electrons. The summed E-state index contributed by atoms with van der Waals surface area (Å²) in [5, 5.41) is 3.17. The van der Waals surface area contributed by atoms with E-state index in [0.29, 0.717) is 24.1 Å². The first-order valence-corrected chi connectivity index (χ1v) is 9.38. The van der Waals surface area contributed by atoms with Crippen LogP contribution in [0.25, 0.3) is 0 Å². The summed E-state index contributed by atoms with van der Waals surface area (Å²) < 4.78 is 5.75. The van der Waals surface area contributed by atoms with Crippen LogP contribution in [0.15, 0.2) is 29.3 Å². The second-order valence-electron chi connectivity index (χ2n) is 6.93. The van der Waals surface area contributed by atoms with Gasteiger partial charge >= 0.3 is 0 Å². The van der Waals surface area contributed by atoms with Gasteiger partial charge in [0.05, 0.1) is 6.04 Å². The van der Waals surface area contributed by atoms with Crippen LogP contribution in [0.2, 0.25) is 0 Å². The Morgan fingerprint density at radius 2 is 2.12 bits per heavy atom. The highest BCUT2D eigenvalue weighted by Crippen LogP contribution is 2.19. The standard InChI is InChI=1S/C20H28N2O2/c1-2-3-10-18-14-24-20(22-18)16-9-7-8-15(13-16)19(23)21-17-11-5-4-6-12-17/h7-9,13,17-18H,2-6,10-12,14H2,1H3,(H,21,23)/t18-/m0/s1. The molecule has 0 radical (unpaired) electrons. The summed E-state index contributed by atoms with van der Waals surface area (Å²) in [6, 6.07) is 8.24. The molecule has 1 saturated carbocycles. The van der Waals surface area contributed by atoms with E-state index in [1.807, 2.05) is 24.3 Å². The zero-order chi connectivity index (χ0) is 16.8. The van der Waals surface area contributed by atoms with Gasteiger partial charge in [-0.15, -0.1) is 0 Å². The largest absolute Gasteiger partial charge is 0.475 e. The fraction of sp³-hybridized carbons (Fsp3) is 0.600. The van der Waals surface area contributed by atoms with E-state index in [1.54, 1.807) is 0 Å². The van der Waals surface area contributed by atoms with Gasteiger partial charge in [-0.1, -0.05) is 45.1 Å². The molecule has 1 aliphatic heterocycles. The highest BCUT2D eigenvalue weighted by atomic mass is 16.5. The minimum atomic E-state index is 0.0184. The zero-order valence-corrected chi connectivity index (χ0v) is 14.6. The molecule has 0 unspecified atom stereocenters. The number of benzene rings is 1. The number of carbonyl (C=O) groups is 1. The molecule has 1 N–H and O–H groups in total. The molecule has 2 aliphatic rings. The average molecular weight is 328 g/mol. The highest BCUT2D eigenvalue weighted by molar-refractivity contribution is 6.00. The van der Waals surface area contributed by atoms with Gasteiger partial charge in [0, 0.05) is 17.2 Å². The Morgan fingerprint density at radius 3 is 2.92 bits per heavy atom. The topological polar surface area (TPSA) is 50.7 Å². The number of nitrogens with zero attached hydrogens (tertiary/aromatic N) is 1. The molecule has 1 fully saturated rings. The molecule has 1 amide bonds. The van der Waals surface area contributed by atoms with E-state index in [0.717, 1.165) is 24.8 Å². The van der Waals surface area contributed by atoms with Crippen LogP contribution < -0.4 is 5.32 Å². The van der Waals surface area contributed by atoms with Crippen LogP contribution in [0.1, 0.15) is 74.2 Å². The summed E-state index contributed by atoms with van der Waals surface area (Å²) in [6.45, 7) is 2.85. The quantitative estimate of drug-likeness (QED) is 0.855. The van der Waals surface area contributed by atoms with Crippen LogP contribution >= 0.6 is 0 Å². The Labute approximate surface area is 144 Å². The van der Waals surface area contributed by atoms with E-state index >= 15 is 0 Å². The van der Waals surface area contributed by atoms with E-state index in [1.165, 1.54) is 32.1 Å². The normalized spacial score (nSPS) is 21.2. The molecule has 1 aromatic carbocycles. The SMILES string of the molecule is CCCC[C@H]1COC(c2cccc(C(=O)NC3CCCCC3)c2)=N1. The number of rotatable bonds is 6. The molecule has 1 aliphatic carbocycles. The lowest BCUT2D eigenvalue weighted by molar-refractivity contribution is 0.0927. The van der Waals surface area contributed by atoms with E-state index in [9.17, 15) is 4.79 Å². The van der Waals surface area contributed by atoms with Crippen molar-refractivity contribution in [1.29, 1.82) is 0 Å². The van der Waals surface area contributed by atoms with E-state index in [2.05, 4.69) is 17.2 Å². The maximum absolute atomic E-state index is 12.5. The number of nitrogens with one attached hydrogen (secondary N) is 1. The number of amides is 1. The summed E-state index contributed by atoms with van der Waals surface area (Å²) in [6.07, 6.45) is 9.34. The molecule has 0 spiro atoms. The van der Waals surface area contributed by atoms with Gasteiger partial charge in [0.2, 0.25) is 5.90 Å². The molecule has 0 bridgehead atoms. The smallest absolute Gasteiger partial charge is 0.251 e. The molecule has 0 aromatic heterocycles. The van der Waals surface area contributed by atoms with E-state index in [-0.39, 0.29) is 11.9 Å². The minimum Gasteiger partial charge on any atom is -0.475 e. The summed E-state index contributed by atoms with van der Waals surface area (Å²) in [4.78, 5) is 17.2. The lowest BCUT2D eigenvalue weighted by Gasteiger charge is -2.22. The molecule has 4 nitrogen and oxygen atoms in total. The molecule has 4 heteroatoms. The van der Waals surface area contributed by atoms with Gasteiger partial charge in [-0.3, -0.25) is 4.79 Å². The highest BCUT2D eigenvalue weighted by Gasteiger charge is 2.21. The number of hydrogen-bond donors (Lipinski definition) is 1. The number of hydrogen-bond acceptors (Lipinski definition) is 3. The summed E-state index contributed by atoms with van der Waals surface area (Å²) in [5.74, 6) is 0.702. The summed E-state index contributed by atoms with van der Waals surface area (Å²) in [5.41, 5.74) is 1.60. The fourth-order valence-electron chi connectivity index (χ4n) is 3.47. The van der Waals surface area contributed by atoms with Crippen LogP contribution in [0, 0.1) is 0 Å². The van der Waals surface area contributed by atoms with Gasteiger partial charge in [-0.2, -0.15) is 0 Å². The lowest BCUT2D eigenvalue weighted by atomic mass is 9.95. The number of carbonyl (C=O) groups excluding carboxylic acids is 1. The molecule has 0 saturated heterocycles. The predicted molar refractivity (Wildman–Crippen MR) is 96.6 cm³/mol. The minimum absolute atomic E-state index is 0.0184. The molecule has 1 atom stereocenters. The Hall–Kier alpha value is -1.84. The Kier molecular flexibility index (Phi) is 5.89. The second-order valence-corrected chi connectivity index (χ2v) is 6.93. The van der Waals surface area contributed by atoms with Crippen LogP contribution in [-0.4, -0.2) is 30.5 Å². The molecule has 1 aromatic rings. The van der Waals surface area contributed by atoms with Crippen molar-refractivity contribution in [2.24, 2.45) is 4.99 Å². The van der Waals surface area contributed by atoms with Crippen molar-refractivity contribution in [2.45, 2.75) is 70.4 Å². The number of unbranched alkanes of at least 4 members (excludes halogenated alkanes) is 1. The van der Waals surface area contributed by atoms with Crippen molar-refractivity contribution in [3.05, 3.63) is 35.4 Å². The maximum atomic E-state index is 12.5. The summed E-state index contributed by atoms with van der Waals surface area (Å²) in [7, 11) is 0. The van der Waals surface area contributed by atoms with Crippen LogP contribution in [0.5, 0.6) is 0 Å². The lowest BCUT2D eigenvalue weighted by Crippen LogP contribution is -2.36. The first-order chi connectivity index (χ1) is 11.8. The number of ether oxygens (including phenoxy) is 1. The van der Waals surface area contributed by atoms with Crippen molar-refractivity contribution in [3.8, 4) is 0 Å². The molecular weight excluding hydrogens is 300 g/mol.